The van der Waals surface area contributed by atoms with Crippen molar-refractivity contribution in [3.8, 4) is 0 Å². The topological polar surface area (TPSA) is 103 Å². The normalized spacial score (nSPS) is 35.1. The molecule has 2 aliphatic heterocycles. The third-order valence-electron chi connectivity index (χ3n) is 3.43. The lowest BCUT2D eigenvalue weighted by Crippen LogP contribution is -2.37. The first-order chi connectivity index (χ1) is 9.41. The SMILES string of the molecule is CC1(C)O[C@@H]2[C@H](O1)[C@@H](n1ccc(=O)[nH]c1=O)O[C@H]2CO. The molecule has 4 atom stereocenters. The molecule has 0 unspecified atom stereocenters. The lowest BCUT2D eigenvalue weighted by atomic mass is 10.1. The molecule has 0 spiro atoms. The van der Waals surface area contributed by atoms with E-state index in [-0.39, 0.29) is 6.61 Å². The molecule has 0 bridgehead atoms. The molecule has 2 N–H and O–H groups in total. The molecule has 2 fully saturated rings. The lowest BCUT2D eigenvalue weighted by molar-refractivity contribution is -0.200. The number of hydrogen-bond donors (Lipinski definition) is 2. The van der Waals surface area contributed by atoms with E-state index < -0.39 is 41.6 Å². The number of nitrogens with one attached hydrogen (secondary N) is 1. The van der Waals surface area contributed by atoms with Crippen molar-refractivity contribution in [1.82, 2.24) is 9.55 Å². The second-order valence-electron chi connectivity index (χ2n) is 5.33. The minimum Gasteiger partial charge on any atom is -0.394 e. The third-order valence-corrected chi connectivity index (χ3v) is 3.43. The Kier molecular flexibility index (Phi) is 3.05. The monoisotopic (exact) mass is 284 g/mol. The van der Waals surface area contributed by atoms with Gasteiger partial charge in [0.1, 0.15) is 18.3 Å². The highest BCUT2D eigenvalue weighted by atomic mass is 16.8. The second-order valence-corrected chi connectivity index (χ2v) is 5.33. The molecule has 3 rings (SSSR count). The highest BCUT2D eigenvalue weighted by Gasteiger charge is 2.55. The number of aliphatic hydroxyl groups is 1. The molecule has 8 nitrogen and oxygen atoms in total. The van der Waals surface area contributed by atoms with Crippen LogP contribution in [0.15, 0.2) is 21.9 Å². The van der Waals surface area contributed by atoms with Gasteiger partial charge in [0, 0.05) is 12.3 Å². The Morgan fingerprint density at radius 1 is 1.35 bits per heavy atom. The number of aliphatic hydroxyl groups excluding tert-OH is 1. The van der Waals surface area contributed by atoms with Crippen LogP contribution in [0.1, 0.15) is 20.1 Å². The van der Waals surface area contributed by atoms with E-state index in [9.17, 15) is 14.7 Å². The Labute approximate surface area is 113 Å². The molecule has 2 aliphatic rings. The number of hydrogen-bond acceptors (Lipinski definition) is 6. The van der Waals surface area contributed by atoms with E-state index in [0.717, 1.165) is 0 Å². The van der Waals surface area contributed by atoms with Gasteiger partial charge in [0.2, 0.25) is 0 Å². The second kappa shape index (κ2) is 4.52. The summed E-state index contributed by atoms with van der Waals surface area (Å²) in [5.41, 5.74) is -1.07. The van der Waals surface area contributed by atoms with Gasteiger partial charge in [-0.05, 0) is 13.8 Å². The predicted octanol–water partition coefficient (Wildman–Crippen LogP) is -1.05. The van der Waals surface area contributed by atoms with Gasteiger partial charge in [0.15, 0.2) is 12.0 Å². The summed E-state index contributed by atoms with van der Waals surface area (Å²) in [5.74, 6) is -0.809. The Hall–Kier alpha value is -1.48. The fourth-order valence-corrected chi connectivity index (χ4v) is 2.66. The minimum absolute atomic E-state index is 0.241. The average Bonchev–Trinajstić information content (AvgIpc) is 2.83. The molecule has 20 heavy (non-hydrogen) atoms. The maximum absolute atomic E-state index is 11.8. The molecule has 8 heteroatoms. The van der Waals surface area contributed by atoms with Crippen molar-refractivity contribution in [2.45, 2.75) is 44.2 Å². The molecular formula is C12H16N2O6. The Morgan fingerprint density at radius 3 is 2.70 bits per heavy atom. The number of aromatic amines is 1. The summed E-state index contributed by atoms with van der Waals surface area (Å²) in [7, 11) is 0. The zero-order valence-electron chi connectivity index (χ0n) is 11.1. The van der Waals surface area contributed by atoms with Crippen LogP contribution in [0.4, 0.5) is 0 Å². The van der Waals surface area contributed by atoms with Gasteiger partial charge in [0.05, 0.1) is 6.61 Å². The van der Waals surface area contributed by atoms with Gasteiger partial charge in [-0.1, -0.05) is 0 Å². The van der Waals surface area contributed by atoms with Crippen molar-refractivity contribution < 1.29 is 19.3 Å². The van der Waals surface area contributed by atoms with Crippen molar-refractivity contribution in [3.63, 3.8) is 0 Å². The van der Waals surface area contributed by atoms with E-state index in [1.807, 2.05) is 0 Å². The van der Waals surface area contributed by atoms with E-state index >= 15 is 0 Å². The standard InChI is InChI=1S/C12H16N2O6/c1-12(2)19-8-6(5-15)18-10(9(8)20-12)14-4-3-7(16)13-11(14)17/h3-4,6,8-10,15H,5H2,1-2H3,(H,13,16,17)/t6-,8-,9-,10-/m0/s1. The van der Waals surface area contributed by atoms with Gasteiger partial charge < -0.3 is 19.3 Å². The van der Waals surface area contributed by atoms with Crippen molar-refractivity contribution in [2.75, 3.05) is 6.61 Å². The van der Waals surface area contributed by atoms with Crippen molar-refractivity contribution in [2.24, 2.45) is 0 Å². The van der Waals surface area contributed by atoms with Crippen LogP contribution in [0.25, 0.3) is 0 Å². The van der Waals surface area contributed by atoms with Gasteiger partial charge in [0.25, 0.3) is 5.56 Å². The summed E-state index contributed by atoms with van der Waals surface area (Å²) >= 11 is 0. The molecule has 0 aromatic carbocycles. The van der Waals surface area contributed by atoms with Crippen LogP contribution in [0.3, 0.4) is 0 Å². The van der Waals surface area contributed by atoms with Crippen LogP contribution in [0.5, 0.6) is 0 Å². The van der Waals surface area contributed by atoms with Gasteiger partial charge in [-0.3, -0.25) is 14.3 Å². The smallest absolute Gasteiger partial charge is 0.330 e. The summed E-state index contributed by atoms with van der Waals surface area (Å²) in [6.45, 7) is 3.27. The molecule has 1 aromatic heterocycles. The Balaban J connectivity index is 1.98. The molecule has 0 saturated carbocycles. The molecule has 1 aromatic rings. The van der Waals surface area contributed by atoms with E-state index in [1.165, 1.54) is 16.8 Å². The van der Waals surface area contributed by atoms with Crippen molar-refractivity contribution in [1.29, 1.82) is 0 Å². The maximum Gasteiger partial charge on any atom is 0.330 e. The largest absolute Gasteiger partial charge is 0.394 e. The molecule has 0 aliphatic carbocycles. The number of nitrogens with zero attached hydrogens (tertiary/aromatic N) is 1. The minimum atomic E-state index is -0.809. The van der Waals surface area contributed by atoms with E-state index in [4.69, 9.17) is 14.2 Å². The van der Waals surface area contributed by atoms with E-state index in [0.29, 0.717) is 0 Å². The van der Waals surface area contributed by atoms with Gasteiger partial charge in [-0.2, -0.15) is 0 Å². The van der Waals surface area contributed by atoms with Crippen LogP contribution in [-0.4, -0.2) is 45.4 Å². The van der Waals surface area contributed by atoms with Crippen molar-refractivity contribution in [3.05, 3.63) is 33.1 Å². The van der Waals surface area contributed by atoms with E-state index in [1.54, 1.807) is 13.8 Å². The Bertz CT molecular complexity index is 621. The van der Waals surface area contributed by atoms with Crippen LogP contribution < -0.4 is 11.2 Å². The van der Waals surface area contributed by atoms with Gasteiger partial charge in [-0.25, -0.2) is 4.79 Å². The lowest BCUT2D eigenvalue weighted by Gasteiger charge is -2.24. The molecular weight excluding hydrogens is 268 g/mol. The first kappa shape index (κ1) is 13.5. The molecule has 110 valence electrons. The number of rotatable bonds is 2. The summed E-state index contributed by atoms with van der Waals surface area (Å²) in [4.78, 5) is 25.1. The average molecular weight is 284 g/mol. The van der Waals surface area contributed by atoms with Gasteiger partial charge in [-0.15, -0.1) is 0 Å². The zero-order valence-corrected chi connectivity index (χ0v) is 11.1. The number of fused-ring (bicyclic) bond motifs is 1. The zero-order chi connectivity index (χ0) is 14.5. The summed E-state index contributed by atoms with van der Waals surface area (Å²) in [6.07, 6.45) is -0.962. The van der Waals surface area contributed by atoms with Gasteiger partial charge >= 0.3 is 5.69 Å². The van der Waals surface area contributed by atoms with Crippen LogP contribution in [0, 0.1) is 0 Å². The summed E-state index contributed by atoms with van der Waals surface area (Å²) in [6, 6.07) is 1.23. The fraction of sp³-hybridized carbons (Fsp3) is 0.667. The highest BCUT2D eigenvalue weighted by molar-refractivity contribution is 4.98. The first-order valence-electron chi connectivity index (χ1n) is 6.35. The number of H-pyrrole nitrogens is 1. The summed E-state index contributed by atoms with van der Waals surface area (Å²) in [5, 5.41) is 9.36. The predicted molar refractivity (Wildman–Crippen MR) is 66.1 cm³/mol. The fourth-order valence-electron chi connectivity index (χ4n) is 2.66. The van der Waals surface area contributed by atoms with Crippen LogP contribution in [-0.2, 0) is 14.2 Å². The molecule has 0 radical (unpaired) electrons. The molecule has 2 saturated heterocycles. The van der Waals surface area contributed by atoms with Crippen LogP contribution >= 0.6 is 0 Å². The number of ether oxygens (including phenoxy) is 3. The molecule has 0 amide bonds. The van der Waals surface area contributed by atoms with Crippen LogP contribution in [0.2, 0.25) is 0 Å². The van der Waals surface area contributed by atoms with Crippen molar-refractivity contribution >= 4 is 0 Å². The highest BCUT2D eigenvalue weighted by Crippen LogP contribution is 2.42. The quantitative estimate of drug-likeness (QED) is 0.718. The number of aromatic nitrogens is 2. The first-order valence-corrected chi connectivity index (χ1v) is 6.35. The van der Waals surface area contributed by atoms with E-state index in [2.05, 4.69) is 4.98 Å². The summed E-state index contributed by atoms with van der Waals surface area (Å²) < 4.78 is 18.3. The molecule has 3 heterocycles. The Morgan fingerprint density at radius 2 is 2.05 bits per heavy atom. The maximum atomic E-state index is 11.8. The third kappa shape index (κ3) is 2.10.